The molecule has 0 aliphatic carbocycles. The minimum atomic E-state index is -3.70. The Hall–Kier alpha value is -2.58. The lowest BCUT2D eigenvalue weighted by molar-refractivity contribution is -0.116. The first-order valence-electron chi connectivity index (χ1n) is 8.34. The van der Waals surface area contributed by atoms with Gasteiger partial charge in [0.1, 0.15) is 16.4 Å². The molecule has 146 valence electrons. The summed E-state index contributed by atoms with van der Waals surface area (Å²) in [6.45, 7) is 2.18. The Morgan fingerprint density at radius 2 is 1.89 bits per heavy atom. The molecule has 0 atom stereocenters. The highest BCUT2D eigenvalue weighted by Crippen LogP contribution is 2.28. The molecule has 0 aliphatic heterocycles. The van der Waals surface area contributed by atoms with E-state index in [4.69, 9.17) is 9.47 Å². The number of amides is 1. The molecule has 1 N–H and O–H groups in total. The molecule has 0 bridgehead atoms. The van der Waals surface area contributed by atoms with Gasteiger partial charge in [0.15, 0.2) is 0 Å². The molecule has 2 aromatic rings. The molecule has 7 nitrogen and oxygen atoms in total. The van der Waals surface area contributed by atoms with Gasteiger partial charge >= 0.3 is 0 Å². The molecule has 0 heterocycles. The molecule has 2 aromatic carbocycles. The first-order chi connectivity index (χ1) is 12.7. The van der Waals surface area contributed by atoms with Gasteiger partial charge in [-0.15, -0.1) is 0 Å². The van der Waals surface area contributed by atoms with E-state index < -0.39 is 10.0 Å². The third-order valence-electron chi connectivity index (χ3n) is 3.79. The van der Waals surface area contributed by atoms with Crippen LogP contribution < -0.4 is 14.8 Å². The maximum Gasteiger partial charge on any atom is 0.246 e. The highest BCUT2D eigenvalue weighted by atomic mass is 32.2. The van der Waals surface area contributed by atoms with E-state index >= 15 is 0 Å². The van der Waals surface area contributed by atoms with Crippen molar-refractivity contribution in [1.29, 1.82) is 0 Å². The minimum Gasteiger partial charge on any atom is -0.495 e. The zero-order valence-electron chi connectivity index (χ0n) is 15.9. The fraction of sp³-hybridized carbons (Fsp3) is 0.316. The molecule has 0 fully saturated rings. The number of nitrogens with one attached hydrogen (secondary N) is 1. The van der Waals surface area contributed by atoms with E-state index in [1.54, 1.807) is 6.07 Å². The van der Waals surface area contributed by atoms with Gasteiger partial charge in [-0.1, -0.05) is 12.1 Å². The maximum atomic E-state index is 12.4. The quantitative estimate of drug-likeness (QED) is 0.747. The van der Waals surface area contributed by atoms with Crippen molar-refractivity contribution in [2.45, 2.75) is 18.2 Å². The Morgan fingerprint density at radius 1 is 1.15 bits per heavy atom. The summed E-state index contributed by atoms with van der Waals surface area (Å²) in [6.07, 6.45) is 0.135. The maximum absolute atomic E-state index is 12.4. The van der Waals surface area contributed by atoms with Crippen LogP contribution in [-0.4, -0.2) is 46.4 Å². The molecule has 1 amide bonds. The number of rotatable bonds is 8. The predicted molar refractivity (Wildman–Crippen MR) is 104 cm³/mol. The number of ether oxygens (including phenoxy) is 2. The van der Waals surface area contributed by atoms with E-state index in [9.17, 15) is 13.2 Å². The van der Waals surface area contributed by atoms with Crippen molar-refractivity contribution in [3.8, 4) is 11.5 Å². The van der Waals surface area contributed by atoms with E-state index in [2.05, 4.69) is 5.32 Å². The standard InChI is InChI=1S/C19H24N2O5S/c1-14-6-5-7-16(12-14)26-11-10-19(22)20-15-8-9-17(25-4)18(13-15)27(23,24)21(2)3/h5-9,12-13H,10-11H2,1-4H3,(H,20,22). The van der Waals surface area contributed by atoms with Gasteiger partial charge in [0.25, 0.3) is 0 Å². The molecular formula is C19H24N2O5S. The minimum absolute atomic E-state index is 0.0104. The Balaban J connectivity index is 2.03. The van der Waals surface area contributed by atoms with Crippen LogP contribution in [0.25, 0.3) is 0 Å². The van der Waals surface area contributed by atoms with Gasteiger partial charge < -0.3 is 14.8 Å². The summed E-state index contributed by atoms with van der Waals surface area (Å²) in [6, 6.07) is 12.0. The summed E-state index contributed by atoms with van der Waals surface area (Å²) in [4.78, 5) is 12.1. The van der Waals surface area contributed by atoms with Crippen LogP contribution >= 0.6 is 0 Å². The second-order valence-corrected chi connectivity index (χ2v) is 8.24. The number of carbonyl (C=O) groups is 1. The lowest BCUT2D eigenvalue weighted by Crippen LogP contribution is -2.23. The Labute approximate surface area is 160 Å². The molecule has 27 heavy (non-hydrogen) atoms. The van der Waals surface area contributed by atoms with Crippen LogP contribution in [0.5, 0.6) is 11.5 Å². The fourth-order valence-electron chi connectivity index (χ4n) is 2.34. The number of sulfonamides is 1. The van der Waals surface area contributed by atoms with Gasteiger partial charge in [-0.3, -0.25) is 4.79 Å². The van der Waals surface area contributed by atoms with Crippen molar-refractivity contribution in [1.82, 2.24) is 4.31 Å². The third-order valence-corrected chi connectivity index (χ3v) is 5.63. The molecule has 0 radical (unpaired) electrons. The van der Waals surface area contributed by atoms with Crippen molar-refractivity contribution in [2.24, 2.45) is 0 Å². The van der Waals surface area contributed by atoms with E-state index in [0.29, 0.717) is 11.4 Å². The fourth-order valence-corrected chi connectivity index (χ4v) is 3.42. The second-order valence-electron chi connectivity index (χ2n) is 6.12. The molecule has 0 spiro atoms. The van der Waals surface area contributed by atoms with E-state index in [-0.39, 0.29) is 29.6 Å². The average molecular weight is 392 g/mol. The van der Waals surface area contributed by atoms with E-state index in [1.165, 1.54) is 33.3 Å². The van der Waals surface area contributed by atoms with Gasteiger partial charge in [-0.25, -0.2) is 12.7 Å². The van der Waals surface area contributed by atoms with E-state index in [0.717, 1.165) is 9.87 Å². The first kappa shape index (κ1) is 20.7. The highest BCUT2D eigenvalue weighted by Gasteiger charge is 2.23. The normalized spacial score (nSPS) is 11.3. The summed E-state index contributed by atoms with van der Waals surface area (Å²) >= 11 is 0. The van der Waals surface area contributed by atoms with E-state index in [1.807, 2.05) is 31.2 Å². The number of anilines is 1. The highest BCUT2D eigenvalue weighted by molar-refractivity contribution is 7.89. The molecule has 2 rings (SSSR count). The van der Waals surface area contributed by atoms with Gasteiger partial charge in [0.2, 0.25) is 15.9 Å². The monoisotopic (exact) mass is 392 g/mol. The summed E-state index contributed by atoms with van der Waals surface area (Å²) < 4.78 is 36.6. The molecule has 0 unspecified atom stereocenters. The Morgan fingerprint density at radius 3 is 2.52 bits per heavy atom. The van der Waals surface area contributed by atoms with Crippen molar-refractivity contribution in [2.75, 3.05) is 33.1 Å². The van der Waals surface area contributed by atoms with Crippen molar-refractivity contribution < 1.29 is 22.7 Å². The smallest absolute Gasteiger partial charge is 0.246 e. The van der Waals surface area contributed by atoms with Crippen molar-refractivity contribution >= 4 is 21.6 Å². The number of benzene rings is 2. The van der Waals surface area contributed by atoms with Crippen LogP contribution in [0.2, 0.25) is 0 Å². The number of aryl methyl sites for hydroxylation is 1. The number of carbonyl (C=O) groups excluding carboxylic acids is 1. The molecule has 0 saturated heterocycles. The zero-order chi connectivity index (χ0) is 20.0. The average Bonchev–Trinajstić information content (AvgIpc) is 2.61. The van der Waals surface area contributed by atoms with Crippen LogP contribution in [0.1, 0.15) is 12.0 Å². The van der Waals surface area contributed by atoms with Crippen LogP contribution in [-0.2, 0) is 14.8 Å². The van der Waals surface area contributed by atoms with Crippen molar-refractivity contribution in [3.63, 3.8) is 0 Å². The lowest BCUT2D eigenvalue weighted by atomic mass is 10.2. The second kappa shape index (κ2) is 8.88. The van der Waals surface area contributed by atoms with Gasteiger partial charge in [0.05, 0.1) is 20.1 Å². The van der Waals surface area contributed by atoms with Gasteiger partial charge in [0, 0.05) is 19.8 Å². The van der Waals surface area contributed by atoms with Crippen LogP contribution in [0.15, 0.2) is 47.4 Å². The molecule has 8 heteroatoms. The SMILES string of the molecule is COc1ccc(NC(=O)CCOc2cccc(C)c2)cc1S(=O)(=O)N(C)C. The van der Waals surface area contributed by atoms with Crippen LogP contribution in [0.3, 0.4) is 0 Å². The number of hydrogen-bond donors (Lipinski definition) is 1. The van der Waals surface area contributed by atoms with Crippen LogP contribution in [0.4, 0.5) is 5.69 Å². The lowest BCUT2D eigenvalue weighted by Gasteiger charge is -2.16. The van der Waals surface area contributed by atoms with Gasteiger partial charge in [-0.2, -0.15) is 0 Å². The molecular weight excluding hydrogens is 368 g/mol. The summed E-state index contributed by atoms with van der Waals surface area (Å²) in [5.74, 6) is 0.636. The Bertz CT molecular complexity index is 910. The number of hydrogen-bond acceptors (Lipinski definition) is 5. The van der Waals surface area contributed by atoms with Crippen molar-refractivity contribution in [3.05, 3.63) is 48.0 Å². The molecule has 0 aliphatic rings. The number of methoxy groups -OCH3 is 1. The third kappa shape index (κ3) is 5.45. The zero-order valence-corrected chi connectivity index (χ0v) is 16.7. The van der Waals surface area contributed by atoms with Crippen LogP contribution in [0, 0.1) is 6.92 Å². The predicted octanol–water partition coefficient (Wildman–Crippen LogP) is 2.66. The topological polar surface area (TPSA) is 84.9 Å². The Kier molecular flexibility index (Phi) is 6.81. The molecule has 0 saturated carbocycles. The first-order valence-corrected chi connectivity index (χ1v) is 9.78. The summed E-state index contributed by atoms with van der Waals surface area (Å²) in [5, 5.41) is 2.68. The van der Waals surface area contributed by atoms with Gasteiger partial charge in [-0.05, 0) is 42.8 Å². The largest absolute Gasteiger partial charge is 0.495 e. The number of nitrogens with zero attached hydrogens (tertiary/aromatic N) is 1. The molecule has 0 aromatic heterocycles. The summed E-state index contributed by atoms with van der Waals surface area (Å²) in [5.41, 5.74) is 1.45. The summed E-state index contributed by atoms with van der Waals surface area (Å²) in [7, 11) is 0.557.